The van der Waals surface area contributed by atoms with Crippen molar-refractivity contribution in [2.24, 2.45) is 0 Å². The van der Waals surface area contributed by atoms with E-state index < -0.39 is 0 Å². The van der Waals surface area contributed by atoms with Crippen LogP contribution in [-0.4, -0.2) is 20.2 Å². The Morgan fingerprint density at radius 2 is 1.76 bits per heavy atom. The lowest BCUT2D eigenvalue weighted by Gasteiger charge is -2.07. The second kappa shape index (κ2) is 5.75. The minimum Gasteiger partial charge on any atom is -0.378 e. The fraction of sp³-hybridized carbons (Fsp3) is 0.188. The quantitative estimate of drug-likeness (QED) is 0.770. The molecule has 0 saturated carbocycles. The first-order valence-corrected chi connectivity index (χ1v) is 6.86. The zero-order valence-electron chi connectivity index (χ0n) is 12.1. The average molecular weight is 279 g/mol. The Morgan fingerprint density at radius 1 is 1.05 bits per heavy atom. The Bertz CT molecular complexity index is 697. The van der Waals surface area contributed by atoms with Crippen molar-refractivity contribution in [3.05, 3.63) is 59.7 Å². The third kappa shape index (κ3) is 2.91. The first-order valence-electron chi connectivity index (χ1n) is 6.86. The second-order valence-corrected chi connectivity index (χ2v) is 4.93. The van der Waals surface area contributed by atoms with Gasteiger partial charge in [0.2, 0.25) is 0 Å². The summed E-state index contributed by atoms with van der Waals surface area (Å²) < 4.78 is 0. The van der Waals surface area contributed by atoms with Crippen LogP contribution in [0.2, 0.25) is 0 Å². The summed E-state index contributed by atoms with van der Waals surface area (Å²) >= 11 is 0. The molecule has 0 fully saturated rings. The summed E-state index contributed by atoms with van der Waals surface area (Å²) in [5.74, 6) is 0.733. The number of anilines is 1. The SMILES string of the molecule is Cc1n[nH]c(C)c1CNc1cnc(-c2ccccc2)nc1. The third-order valence-electron chi connectivity index (χ3n) is 3.43. The van der Waals surface area contributed by atoms with Gasteiger partial charge in [-0.05, 0) is 13.8 Å². The van der Waals surface area contributed by atoms with Gasteiger partial charge in [-0.15, -0.1) is 0 Å². The zero-order chi connectivity index (χ0) is 14.7. The maximum Gasteiger partial charge on any atom is 0.159 e. The summed E-state index contributed by atoms with van der Waals surface area (Å²) in [6.45, 7) is 4.73. The Balaban J connectivity index is 1.71. The van der Waals surface area contributed by atoms with Crippen LogP contribution >= 0.6 is 0 Å². The lowest BCUT2D eigenvalue weighted by Crippen LogP contribution is -2.02. The Labute approximate surface area is 123 Å². The molecule has 0 aliphatic carbocycles. The first-order chi connectivity index (χ1) is 10.2. The van der Waals surface area contributed by atoms with Gasteiger partial charge in [-0.3, -0.25) is 5.10 Å². The summed E-state index contributed by atoms with van der Waals surface area (Å²) in [4.78, 5) is 8.79. The highest BCUT2D eigenvalue weighted by Crippen LogP contribution is 2.16. The van der Waals surface area contributed by atoms with E-state index in [0.29, 0.717) is 6.54 Å². The van der Waals surface area contributed by atoms with E-state index in [4.69, 9.17) is 0 Å². The molecule has 0 unspecified atom stereocenters. The number of nitrogens with one attached hydrogen (secondary N) is 2. The molecule has 5 nitrogen and oxygen atoms in total. The molecular weight excluding hydrogens is 262 g/mol. The zero-order valence-corrected chi connectivity index (χ0v) is 12.1. The van der Waals surface area contributed by atoms with E-state index in [1.807, 2.05) is 44.2 Å². The topological polar surface area (TPSA) is 66.5 Å². The van der Waals surface area contributed by atoms with Gasteiger partial charge in [-0.1, -0.05) is 30.3 Å². The molecule has 2 N–H and O–H groups in total. The van der Waals surface area contributed by atoms with Gasteiger partial charge in [0.25, 0.3) is 0 Å². The van der Waals surface area contributed by atoms with Crippen molar-refractivity contribution in [3.8, 4) is 11.4 Å². The number of nitrogens with zero attached hydrogens (tertiary/aromatic N) is 3. The van der Waals surface area contributed by atoms with Crippen LogP contribution in [0.5, 0.6) is 0 Å². The number of benzene rings is 1. The molecule has 106 valence electrons. The van der Waals surface area contributed by atoms with Crippen molar-refractivity contribution >= 4 is 5.69 Å². The smallest absolute Gasteiger partial charge is 0.159 e. The largest absolute Gasteiger partial charge is 0.378 e. The molecule has 5 heteroatoms. The number of hydrogen-bond donors (Lipinski definition) is 2. The van der Waals surface area contributed by atoms with Crippen LogP contribution in [0.1, 0.15) is 17.0 Å². The van der Waals surface area contributed by atoms with Gasteiger partial charge in [0, 0.05) is 23.4 Å². The monoisotopic (exact) mass is 279 g/mol. The van der Waals surface area contributed by atoms with Crippen LogP contribution in [0.3, 0.4) is 0 Å². The first kappa shape index (κ1) is 13.3. The number of aromatic nitrogens is 4. The van der Waals surface area contributed by atoms with Crippen LogP contribution in [0.4, 0.5) is 5.69 Å². The highest BCUT2D eigenvalue weighted by molar-refractivity contribution is 5.55. The molecule has 0 atom stereocenters. The van der Waals surface area contributed by atoms with E-state index in [2.05, 4.69) is 25.5 Å². The van der Waals surface area contributed by atoms with E-state index in [1.54, 1.807) is 12.4 Å². The molecule has 0 amide bonds. The maximum absolute atomic E-state index is 4.40. The van der Waals surface area contributed by atoms with Gasteiger partial charge < -0.3 is 5.32 Å². The van der Waals surface area contributed by atoms with E-state index in [9.17, 15) is 0 Å². The lowest BCUT2D eigenvalue weighted by molar-refractivity contribution is 1.02. The molecule has 2 aromatic heterocycles. The number of hydrogen-bond acceptors (Lipinski definition) is 4. The van der Waals surface area contributed by atoms with E-state index in [0.717, 1.165) is 28.5 Å². The molecule has 2 heterocycles. The minimum absolute atomic E-state index is 0.711. The van der Waals surface area contributed by atoms with Crippen LogP contribution in [0.15, 0.2) is 42.7 Å². The van der Waals surface area contributed by atoms with Gasteiger partial charge in [0.15, 0.2) is 5.82 Å². The summed E-state index contributed by atoms with van der Waals surface area (Å²) in [5, 5.41) is 10.5. The highest BCUT2D eigenvalue weighted by Gasteiger charge is 2.06. The van der Waals surface area contributed by atoms with E-state index >= 15 is 0 Å². The van der Waals surface area contributed by atoms with E-state index in [1.165, 1.54) is 5.56 Å². The van der Waals surface area contributed by atoms with Crippen molar-refractivity contribution < 1.29 is 0 Å². The minimum atomic E-state index is 0.711. The van der Waals surface area contributed by atoms with Gasteiger partial charge in [-0.2, -0.15) is 5.10 Å². The normalized spacial score (nSPS) is 10.6. The maximum atomic E-state index is 4.40. The molecule has 0 spiro atoms. The van der Waals surface area contributed by atoms with Crippen LogP contribution in [0.25, 0.3) is 11.4 Å². The Kier molecular flexibility index (Phi) is 3.64. The predicted octanol–water partition coefficient (Wildman–Crippen LogP) is 3.10. The number of H-pyrrole nitrogens is 1. The second-order valence-electron chi connectivity index (χ2n) is 4.93. The lowest BCUT2D eigenvalue weighted by atomic mass is 10.2. The molecule has 0 aliphatic rings. The van der Waals surface area contributed by atoms with Gasteiger partial charge >= 0.3 is 0 Å². The van der Waals surface area contributed by atoms with Gasteiger partial charge in [0.05, 0.1) is 23.8 Å². The van der Waals surface area contributed by atoms with Crippen LogP contribution < -0.4 is 5.32 Å². The molecule has 0 aliphatic heterocycles. The fourth-order valence-electron chi connectivity index (χ4n) is 2.18. The molecule has 0 bridgehead atoms. The predicted molar refractivity (Wildman–Crippen MR) is 82.9 cm³/mol. The molecule has 3 aromatic rings. The summed E-state index contributed by atoms with van der Waals surface area (Å²) in [5.41, 5.74) is 5.20. The van der Waals surface area contributed by atoms with Crippen molar-refractivity contribution in [3.63, 3.8) is 0 Å². The van der Waals surface area contributed by atoms with Crippen molar-refractivity contribution in [2.75, 3.05) is 5.32 Å². The number of aromatic amines is 1. The molecule has 1 aromatic carbocycles. The Hall–Kier alpha value is -2.69. The van der Waals surface area contributed by atoms with Gasteiger partial charge in [-0.25, -0.2) is 9.97 Å². The summed E-state index contributed by atoms with van der Waals surface area (Å²) in [6, 6.07) is 9.95. The Morgan fingerprint density at radius 3 is 2.38 bits per heavy atom. The third-order valence-corrected chi connectivity index (χ3v) is 3.43. The van der Waals surface area contributed by atoms with Crippen LogP contribution in [0, 0.1) is 13.8 Å². The molecule has 3 rings (SSSR count). The summed E-state index contributed by atoms with van der Waals surface area (Å²) in [7, 11) is 0. The molecular formula is C16H17N5. The van der Waals surface area contributed by atoms with Crippen LogP contribution in [-0.2, 0) is 6.54 Å². The van der Waals surface area contributed by atoms with Crippen molar-refractivity contribution in [2.45, 2.75) is 20.4 Å². The molecule has 0 saturated heterocycles. The number of aryl methyl sites for hydroxylation is 2. The average Bonchev–Trinajstić information content (AvgIpc) is 2.85. The van der Waals surface area contributed by atoms with Crippen molar-refractivity contribution in [1.29, 1.82) is 0 Å². The van der Waals surface area contributed by atoms with Gasteiger partial charge in [0.1, 0.15) is 0 Å². The summed E-state index contributed by atoms with van der Waals surface area (Å²) in [6.07, 6.45) is 3.61. The highest BCUT2D eigenvalue weighted by atomic mass is 15.1. The number of rotatable bonds is 4. The molecule has 21 heavy (non-hydrogen) atoms. The fourth-order valence-corrected chi connectivity index (χ4v) is 2.18. The molecule has 0 radical (unpaired) electrons. The van der Waals surface area contributed by atoms with E-state index in [-0.39, 0.29) is 0 Å². The standard InChI is InChI=1S/C16H17N5/c1-11-15(12(2)21-20-11)10-17-14-8-18-16(19-9-14)13-6-4-3-5-7-13/h3-9,17H,10H2,1-2H3,(H,20,21). The van der Waals surface area contributed by atoms with Crippen molar-refractivity contribution in [1.82, 2.24) is 20.2 Å².